The van der Waals surface area contributed by atoms with Gasteiger partial charge in [0.15, 0.2) is 0 Å². The Bertz CT molecular complexity index is 431. The average molecular weight is 278 g/mol. The number of pyridine rings is 1. The number of hydrogen-bond acceptors (Lipinski definition) is 4. The second-order valence-corrected chi connectivity index (χ2v) is 4.97. The lowest BCUT2D eigenvalue weighted by atomic mass is 10.1. The zero-order chi connectivity index (χ0) is 14.2. The highest BCUT2D eigenvalue weighted by Gasteiger charge is 2.14. The molecule has 2 heterocycles. The van der Waals surface area contributed by atoms with Gasteiger partial charge in [-0.25, -0.2) is 4.98 Å². The Morgan fingerprint density at radius 1 is 1.55 bits per heavy atom. The summed E-state index contributed by atoms with van der Waals surface area (Å²) < 4.78 is 10.6. The molecule has 20 heavy (non-hydrogen) atoms. The first-order valence-corrected chi connectivity index (χ1v) is 7.19. The van der Waals surface area contributed by atoms with Crippen LogP contribution >= 0.6 is 0 Å². The van der Waals surface area contributed by atoms with Crippen LogP contribution in [0.1, 0.15) is 42.5 Å². The second-order valence-electron chi connectivity index (χ2n) is 4.97. The van der Waals surface area contributed by atoms with Crippen LogP contribution in [0.25, 0.3) is 0 Å². The van der Waals surface area contributed by atoms with Gasteiger partial charge in [0, 0.05) is 31.0 Å². The minimum absolute atomic E-state index is 0.0807. The molecular formula is C15H22N2O3. The molecule has 1 fully saturated rings. The fourth-order valence-electron chi connectivity index (χ4n) is 2.34. The number of nitrogens with zero attached hydrogens (tertiary/aromatic N) is 1. The summed E-state index contributed by atoms with van der Waals surface area (Å²) in [6, 6.07) is 3.33. The molecule has 1 aliphatic heterocycles. The fourth-order valence-corrected chi connectivity index (χ4v) is 2.34. The van der Waals surface area contributed by atoms with Gasteiger partial charge >= 0.3 is 0 Å². The quantitative estimate of drug-likeness (QED) is 0.777. The molecule has 5 heteroatoms. The maximum absolute atomic E-state index is 11.9. The minimum Gasteiger partial charge on any atom is -0.481 e. The number of aromatic nitrogens is 1. The number of carbonyl (C=O) groups excluding carboxylic acids is 1. The Kier molecular flexibility index (Phi) is 5.80. The molecule has 1 unspecified atom stereocenters. The van der Waals surface area contributed by atoms with Gasteiger partial charge in [-0.15, -0.1) is 0 Å². The fraction of sp³-hybridized carbons (Fsp3) is 0.600. The first kappa shape index (κ1) is 14.8. The summed E-state index contributed by atoms with van der Waals surface area (Å²) in [6.07, 6.45) is 7.55. The lowest BCUT2D eigenvalue weighted by Gasteiger charge is -2.09. The van der Waals surface area contributed by atoms with E-state index in [1.54, 1.807) is 18.3 Å². The van der Waals surface area contributed by atoms with Crippen molar-refractivity contribution in [2.45, 2.75) is 38.2 Å². The van der Waals surface area contributed by atoms with E-state index < -0.39 is 0 Å². The Balaban J connectivity index is 1.64. The number of rotatable bonds is 7. The van der Waals surface area contributed by atoms with Gasteiger partial charge in [-0.2, -0.15) is 0 Å². The zero-order valence-electron chi connectivity index (χ0n) is 11.9. The highest BCUT2D eigenvalue weighted by molar-refractivity contribution is 5.94. The monoisotopic (exact) mass is 278 g/mol. The number of methoxy groups -OCH3 is 1. The van der Waals surface area contributed by atoms with Gasteiger partial charge in [0.1, 0.15) is 0 Å². The van der Waals surface area contributed by atoms with Gasteiger partial charge in [-0.05, 0) is 38.2 Å². The van der Waals surface area contributed by atoms with E-state index in [-0.39, 0.29) is 5.91 Å². The van der Waals surface area contributed by atoms with Crippen LogP contribution in [0.5, 0.6) is 5.88 Å². The molecular weight excluding hydrogens is 256 g/mol. The number of unbranched alkanes of at least 4 members (excludes halogenated alkanes) is 1. The normalized spacial score (nSPS) is 17.9. The molecule has 1 N–H and O–H groups in total. The number of nitrogens with one attached hydrogen (secondary N) is 1. The molecule has 1 atom stereocenters. The first-order valence-electron chi connectivity index (χ1n) is 7.19. The van der Waals surface area contributed by atoms with Crippen LogP contribution in [-0.2, 0) is 4.74 Å². The van der Waals surface area contributed by atoms with E-state index >= 15 is 0 Å². The Labute approximate surface area is 119 Å². The van der Waals surface area contributed by atoms with Crippen molar-refractivity contribution < 1.29 is 14.3 Å². The van der Waals surface area contributed by atoms with E-state index in [0.29, 0.717) is 24.1 Å². The SMILES string of the molecule is COc1cc(C(=O)NCCCCC2CCCO2)ccn1. The Morgan fingerprint density at radius 3 is 3.20 bits per heavy atom. The van der Waals surface area contributed by atoms with Crippen LogP contribution in [0.15, 0.2) is 18.3 Å². The molecule has 5 nitrogen and oxygen atoms in total. The molecule has 1 amide bonds. The minimum atomic E-state index is -0.0807. The van der Waals surface area contributed by atoms with Crippen molar-refractivity contribution in [1.82, 2.24) is 10.3 Å². The number of hydrogen-bond donors (Lipinski definition) is 1. The van der Waals surface area contributed by atoms with Crippen molar-refractivity contribution in [2.24, 2.45) is 0 Å². The van der Waals surface area contributed by atoms with Crippen molar-refractivity contribution in [3.8, 4) is 5.88 Å². The van der Waals surface area contributed by atoms with Crippen LogP contribution in [0.2, 0.25) is 0 Å². The topological polar surface area (TPSA) is 60.5 Å². The van der Waals surface area contributed by atoms with E-state index in [1.165, 1.54) is 20.0 Å². The Hall–Kier alpha value is -1.62. The summed E-state index contributed by atoms with van der Waals surface area (Å²) in [6.45, 7) is 1.60. The van der Waals surface area contributed by atoms with Crippen molar-refractivity contribution in [3.63, 3.8) is 0 Å². The zero-order valence-corrected chi connectivity index (χ0v) is 11.9. The van der Waals surface area contributed by atoms with Gasteiger partial charge in [-0.3, -0.25) is 4.79 Å². The molecule has 1 aromatic rings. The van der Waals surface area contributed by atoms with Crippen molar-refractivity contribution in [2.75, 3.05) is 20.3 Å². The lowest BCUT2D eigenvalue weighted by molar-refractivity contribution is 0.0946. The highest BCUT2D eigenvalue weighted by Crippen LogP contribution is 2.17. The molecule has 1 aromatic heterocycles. The standard InChI is InChI=1S/C15H22N2O3/c1-19-14-11-12(7-9-16-14)15(18)17-8-3-2-5-13-6-4-10-20-13/h7,9,11,13H,2-6,8,10H2,1H3,(H,17,18). The summed E-state index contributed by atoms with van der Waals surface area (Å²) in [4.78, 5) is 15.9. The van der Waals surface area contributed by atoms with Crippen molar-refractivity contribution >= 4 is 5.91 Å². The maximum Gasteiger partial charge on any atom is 0.251 e. The molecule has 110 valence electrons. The molecule has 0 spiro atoms. The number of amides is 1. The molecule has 0 aliphatic carbocycles. The average Bonchev–Trinajstić information content (AvgIpc) is 3.00. The van der Waals surface area contributed by atoms with Crippen LogP contribution in [0, 0.1) is 0 Å². The van der Waals surface area contributed by atoms with Crippen molar-refractivity contribution in [3.05, 3.63) is 23.9 Å². The van der Waals surface area contributed by atoms with Crippen LogP contribution in [0.4, 0.5) is 0 Å². The molecule has 1 aliphatic rings. The number of carbonyl (C=O) groups is 1. The summed E-state index contributed by atoms with van der Waals surface area (Å²) >= 11 is 0. The largest absolute Gasteiger partial charge is 0.481 e. The lowest BCUT2D eigenvalue weighted by Crippen LogP contribution is -2.24. The first-order chi connectivity index (χ1) is 9.79. The van der Waals surface area contributed by atoms with Gasteiger partial charge < -0.3 is 14.8 Å². The molecule has 0 aromatic carbocycles. The van der Waals surface area contributed by atoms with Gasteiger partial charge in [-0.1, -0.05) is 0 Å². The third-order valence-electron chi connectivity index (χ3n) is 3.47. The maximum atomic E-state index is 11.9. The molecule has 0 bridgehead atoms. The van der Waals surface area contributed by atoms with E-state index in [4.69, 9.17) is 9.47 Å². The third-order valence-corrected chi connectivity index (χ3v) is 3.47. The van der Waals surface area contributed by atoms with Crippen LogP contribution in [0.3, 0.4) is 0 Å². The van der Waals surface area contributed by atoms with E-state index in [2.05, 4.69) is 10.3 Å². The molecule has 1 saturated heterocycles. The Morgan fingerprint density at radius 2 is 2.45 bits per heavy atom. The van der Waals surface area contributed by atoms with E-state index in [0.717, 1.165) is 25.9 Å². The summed E-state index contributed by atoms with van der Waals surface area (Å²) in [5.74, 6) is 0.374. The van der Waals surface area contributed by atoms with Crippen LogP contribution < -0.4 is 10.1 Å². The summed E-state index contributed by atoms with van der Waals surface area (Å²) in [5.41, 5.74) is 0.580. The molecule has 2 rings (SSSR count). The second kappa shape index (κ2) is 7.85. The smallest absolute Gasteiger partial charge is 0.251 e. The number of ether oxygens (including phenoxy) is 2. The third kappa shape index (κ3) is 4.49. The van der Waals surface area contributed by atoms with Gasteiger partial charge in [0.05, 0.1) is 13.2 Å². The molecule has 0 saturated carbocycles. The summed E-state index contributed by atoms with van der Waals surface area (Å²) in [5, 5.41) is 2.91. The molecule has 0 radical (unpaired) electrons. The van der Waals surface area contributed by atoms with Crippen LogP contribution in [-0.4, -0.2) is 37.3 Å². The predicted molar refractivity (Wildman–Crippen MR) is 75.9 cm³/mol. The van der Waals surface area contributed by atoms with Crippen molar-refractivity contribution in [1.29, 1.82) is 0 Å². The van der Waals surface area contributed by atoms with E-state index in [1.807, 2.05) is 0 Å². The highest BCUT2D eigenvalue weighted by atomic mass is 16.5. The predicted octanol–water partition coefficient (Wildman–Crippen LogP) is 2.17. The van der Waals surface area contributed by atoms with Gasteiger partial charge in [0.25, 0.3) is 5.91 Å². The summed E-state index contributed by atoms with van der Waals surface area (Å²) in [7, 11) is 1.54. The van der Waals surface area contributed by atoms with E-state index in [9.17, 15) is 4.79 Å². The van der Waals surface area contributed by atoms with Gasteiger partial charge in [0.2, 0.25) is 5.88 Å².